The zero-order valence-corrected chi connectivity index (χ0v) is 15.8. The Balaban J connectivity index is 1.78. The van der Waals surface area contributed by atoms with Crippen LogP contribution in [0.2, 0.25) is 0 Å². The molecule has 0 aliphatic carbocycles. The van der Waals surface area contributed by atoms with Crippen LogP contribution < -0.4 is 10.2 Å². The Morgan fingerprint density at radius 1 is 1.19 bits per heavy atom. The quantitative estimate of drug-likeness (QED) is 0.516. The van der Waals surface area contributed by atoms with E-state index in [4.69, 9.17) is 4.74 Å². The number of hydrazone groups is 1. The first-order chi connectivity index (χ1) is 12.5. The van der Waals surface area contributed by atoms with E-state index in [0.29, 0.717) is 16.4 Å². The molecule has 2 aromatic carbocycles. The van der Waals surface area contributed by atoms with Gasteiger partial charge in [0.05, 0.1) is 23.9 Å². The van der Waals surface area contributed by atoms with Crippen LogP contribution in [0.4, 0.5) is 5.13 Å². The van der Waals surface area contributed by atoms with Crippen molar-refractivity contribution in [3.8, 4) is 17.0 Å². The lowest BCUT2D eigenvalue weighted by atomic mass is 10.2. The molecule has 6 nitrogen and oxygen atoms in total. The van der Waals surface area contributed by atoms with Crippen LogP contribution in [0.3, 0.4) is 0 Å². The number of anilines is 1. The molecule has 134 valence electrons. The molecule has 0 saturated heterocycles. The van der Waals surface area contributed by atoms with Crippen molar-refractivity contribution in [2.24, 2.45) is 5.10 Å². The van der Waals surface area contributed by atoms with Crippen molar-refractivity contribution in [2.75, 3.05) is 18.8 Å². The van der Waals surface area contributed by atoms with Crippen LogP contribution in [0.1, 0.15) is 5.56 Å². The molecule has 0 spiro atoms. The molecule has 3 aromatic rings. The molecule has 1 heterocycles. The van der Waals surface area contributed by atoms with Crippen LogP contribution >= 0.6 is 11.3 Å². The van der Waals surface area contributed by atoms with E-state index in [1.165, 1.54) is 30.7 Å². The van der Waals surface area contributed by atoms with Gasteiger partial charge < -0.3 is 4.74 Å². The first-order valence-corrected chi connectivity index (χ1v) is 10.4. The molecule has 0 amide bonds. The number of hydrogen-bond acceptors (Lipinski definition) is 7. The molecule has 0 atom stereocenters. The molecule has 0 aliphatic heterocycles. The Kier molecular flexibility index (Phi) is 5.34. The summed E-state index contributed by atoms with van der Waals surface area (Å²) in [6.07, 6.45) is 2.61. The van der Waals surface area contributed by atoms with Crippen LogP contribution in [0.15, 0.2) is 63.9 Å². The zero-order chi connectivity index (χ0) is 18.6. The minimum absolute atomic E-state index is 0.159. The van der Waals surface area contributed by atoms with Crippen molar-refractivity contribution in [2.45, 2.75) is 4.90 Å². The summed E-state index contributed by atoms with van der Waals surface area (Å²) in [5, 5.41) is 6.67. The molecule has 0 fully saturated rings. The molecule has 0 unspecified atom stereocenters. The average molecular weight is 387 g/mol. The van der Waals surface area contributed by atoms with E-state index in [-0.39, 0.29) is 4.90 Å². The first-order valence-electron chi connectivity index (χ1n) is 7.65. The molecule has 1 aromatic heterocycles. The normalized spacial score (nSPS) is 11.6. The van der Waals surface area contributed by atoms with Gasteiger partial charge >= 0.3 is 0 Å². The van der Waals surface area contributed by atoms with Gasteiger partial charge in [-0.25, -0.2) is 13.4 Å². The van der Waals surface area contributed by atoms with Gasteiger partial charge in [-0.2, -0.15) is 5.10 Å². The molecular weight excluding hydrogens is 370 g/mol. The summed E-state index contributed by atoms with van der Waals surface area (Å²) in [6, 6.07) is 14.6. The van der Waals surface area contributed by atoms with Gasteiger partial charge in [-0.15, -0.1) is 11.3 Å². The summed E-state index contributed by atoms with van der Waals surface area (Å²) in [7, 11) is -1.92. The van der Waals surface area contributed by atoms with E-state index in [1.54, 1.807) is 12.1 Å². The number of aromatic nitrogens is 1. The van der Waals surface area contributed by atoms with Gasteiger partial charge in [-0.1, -0.05) is 30.3 Å². The predicted molar refractivity (Wildman–Crippen MR) is 105 cm³/mol. The lowest BCUT2D eigenvalue weighted by Crippen LogP contribution is -2.03. The second kappa shape index (κ2) is 7.67. The maximum absolute atomic E-state index is 12.0. The molecular formula is C18H17N3O3S2. The fraction of sp³-hybridized carbons (Fsp3) is 0.111. The Morgan fingerprint density at radius 3 is 2.65 bits per heavy atom. The summed E-state index contributed by atoms with van der Waals surface area (Å²) in [6.45, 7) is 0. The molecule has 8 heteroatoms. The molecule has 0 bridgehead atoms. The number of rotatable bonds is 6. The lowest BCUT2D eigenvalue weighted by Gasteiger charge is -2.06. The van der Waals surface area contributed by atoms with E-state index >= 15 is 0 Å². The Morgan fingerprint density at radius 2 is 1.96 bits per heavy atom. The molecule has 0 aliphatic rings. The topological polar surface area (TPSA) is 80.7 Å². The summed E-state index contributed by atoms with van der Waals surface area (Å²) >= 11 is 1.42. The lowest BCUT2D eigenvalue weighted by molar-refractivity contribution is 0.413. The van der Waals surface area contributed by atoms with Gasteiger partial charge in [-0.3, -0.25) is 5.43 Å². The second-order valence-corrected chi connectivity index (χ2v) is 8.29. The number of thiazole rings is 1. The van der Waals surface area contributed by atoms with Crippen LogP contribution in [0.25, 0.3) is 11.3 Å². The van der Waals surface area contributed by atoms with Crippen LogP contribution in [-0.4, -0.2) is 33.0 Å². The van der Waals surface area contributed by atoms with Gasteiger partial charge in [0.25, 0.3) is 0 Å². The van der Waals surface area contributed by atoms with Crippen molar-refractivity contribution < 1.29 is 13.2 Å². The fourth-order valence-electron chi connectivity index (χ4n) is 2.29. The number of ether oxygens (including phenoxy) is 1. The molecule has 0 saturated carbocycles. The van der Waals surface area contributed by atoms with E-state index < -0.39 is 9.84 Å². The standard InChI is InChI=1S/C18H17N3O3S2/c1-24-15-9-8-14(17(10-15)26(2,22)23)11-19-21-18-20-16(12-25-18)13-6-4-3-5-7-13/h3-12H,1-2H3,(H,20,21). The largest absolute Gasteiger partial charge is 0.497 e. The number of hydrogen-bond donors (Lipinski definition) is 1. The molecule has 1 N–H and O–H groups in total. The summed E-state index contributed by atoms with van der Waals surface area (Å²) in [5.41, 5.74) is 5.19. The third-order valence-corrected chi connectivity index (χ3v) is 5.46. The highest BCUT2D eigenvalue weighted by Gasteiger charge is 2.13. The maximum Gasteiger partial charge on any atom is 0.203 e. The molecule has 3 rings (SSSR count). The van der Waals surface area contributed by atoms with Gasteiger partial charge in [-0.05, 0) is 18.2 Å². The van der Waals surface area contributed by atoms with Crippen molar-refractivity contribution in [1.82, 2.24) is 4.98 Å². The van der Waals surface area contributed by atoms with Crippen LogP contribution in [0.5, 0.6) is 5.75 Å². The van der Waals surface area contributed by atoms with Gasteiger partial charge in [0.2, 0.25) is 5.13 Å². The number of methoxy groups -OCH3 is 1. The summed E-state index contributed by atoms with van der Waals surface area (Å²) in [5.74, 6) is 0.475. The zero-order valence-electron chi connectivity index (χ0n) is 14.2. The predicted octanol–water partition coefficient (Wildman–Crippen LogP) is 3.67. The monoisotopic (exact) mass is 387 g/mol. The fourth-order valence-corrected chi connectivity index (χ4v) is 3.84. The van der Waals surface area contributed by atoms with Crippen molar-refractivity contribution in [1.29, 1.82) is 0 Å². The Bertz CT molecular complexity index is 1030. The van der Waals surface area contributed by atoms with Crippen molar-refractivity contribution in [3.05, 3.63) is 59.5 Å². The number of sulfone groups is 1. The highest BCUT2D eigenvalue weighted by Crippen LogP contribution is 2.25. The third kappa shape index (κ3) is 4.27. The minimum Gasteiger partial charge on any atom is -0.497 e. The Labute approximate surface area is 156 Å². The second-order valence-electron chi connectivity index (χ2n) is 5.45. The first kappa shape index (κ1) is 18.1. The maximum atomic E-state index is 12.0. The average Bonchev–Trinajstić information content (AvgIpc) is 3.11. The highest BCUT2D eigenvalue weighted by atomic mass is 32.2. The van der Waals surface area contributed by atoms with Gasteiger partial charge in [0.1, 0.15) is 5.75 Å². The Hall–Kier alpha value is -2.71. The number of benzene rings is 2. The van der Waals surface area contributed by atoms with Crippen molar-refractivity contribution in [3.63, 3.8) is 0 Å². The summed E-state index contributed by atoms with van der Waals surface area (Å²) in [4.78, 5) is 4.62. The smallest absolute Gasteiger partial charge is 0.203 e. The molecule has 26 heavy (non-hydrogen) atoms. The van der Waals surface area contributed by atoms with E-state index in [2.05, 4.69) is 15.5 Å². The van der Waals surface area contributed by atoms with E-state index in [1.807, 2.05) is 35.7 Å². The van der Waals surface area contributed by atoms with E-state index in [9.17, 15) is 8.42 Å². The summed E-state index contributed by atoms with van der Waals surface area (Å²) < 4.78 is 29.0. The molecule has 0 radical (unpaired) electrons. The SMILES string of the molecule is COc1ccc(C=NNc2nc(-c3ccccc3)cs2)c(S(C)(=O)=O)c1. The van der Waals surface area contributed by atoms with Crippen molar-refractivity contribution >= 4 is 32.5 Å². The van der Waals surface area contributed by atoms with Gasteiger partial charge in [0, 0.05) is 22.8 Å². The number of nitrogens with zero attached hydrogens (tertiary/aromatic N) is 2. The highest BCUT2D eigenvalue weighted by molar-refractivity contribution is 7.90. The van der Waals surface area contributed by atoms with Gasteiger partial charge in [0.15, 0.2) is 9.84 Å². The van der Waals surface area contributed by atoms with Crippen LogP contribution in [0, 0.1) is 0 Å². The number of nitrogens with one attached hydrogen (secondary N) is 1. The van der Waals surface area contributed by atoms with Crippen LogP contribution in [-0.2, 0) is 9.84 Å². The minimum atomic E-state index is -3.41. The third-order valence-electron chi connectivity index (χ3n) is 3.56. The van der Waals surface area contributed by atoms with E-state index in [0.717, 1.165) is 17.5 Å².